The van der Waals surface area contributed by atoms with Gasteiger partial charge in [-0.3, -0.25) is 5.10 Å². The van der Waals surface area contributed by atoms with Crippen molar-refractivity contribution in [3.8, 4) is 0 Å². The average molecular weight is 241 g/mol. The van der Waals surface area contributed by atoms with Gasteiger partial charge in [0.25, 0.3) is 0 Å². The zero-order valence-electron chi connectivity index (χ0n) is 8.06. The lowest BCUT2D eigenvalue weighted by Crippen LogP contribution is -1.74. The summed E-state index contributed by atoms with van der Waals surface area (Å²) < 4.78 is 1.07. The Morgan fingerprint density at radius 3 is 2.69 bits per heavy atom. The summed E-state index contributed by atoms with van der Waals surface area (Å²) in [5.41, 5.74) is 2.31. The maximum atomic E-state index is 3.95. The van der Waals surface area contributed by atoms with E-state index in [0.717, 1.165) is 15.4 Å². The van der Waals surface area contributed by atoms with E-state index in [1.54, 1.807) is 0 Å². The summed E-state index contributed by atoms with van der Waals surface area (Å²) >= 11 is 3.46. The highest BCUT2D eigenvalue weighted by molar-refractivity contribution is 9.10. The van der Waals surface area contributed by atoms with Crippen molar-refractivity contribution in [2.75, 3.05) is 0 Å². The second-order valence-electron chi connectivity index (χ2n) is 2.58. The molecule has 0 aliphatic rings. The van der Waals surface area contributed by atoms with Crippen LogP contribution in [-0.4, -0.2) is 10.2 Å². The van der Waals surface area contributed by atoms with Gasteiger partial charge in [-0.1, -0.05) is 13.8 Å². The Morgan fingerprint density at radius 2 is 2.00 bits per heavy atom. The van der Waals surface area contributed by atoms with Gasteiger partial charge < -0.3 is 0 Å². The minimum absolute atomic E-state index is 1.07. The highest BCUT2D eigenvalue weighted by Gasteiger charge is 1.99. The molecule has 2 aromatic rings. The number of nitrogens with one attached hydrogen (secondary N) is 1. The van der Waals surface area contributed by atoms with Gasteiger partial charge in [-0.05, 0) is 40.5 Å². The van der Waals surface area contributed by atoms with Crippen LogP contribution < -0.4 is 0 Å². The number of benzene rings is 1. The summed E-state index contributed by atoms with van der Waals surface area (Å²) in [5.74, 6) is 0. The minimum atomic E-state index is 1.07. The zero-order chi connectivity index (χ0) is 9.84. The molecule has 2 rings (SSSR count). The van der Waals surface area contributed by atoms with E-state index in [1.165, 1.54) is 5.56 Å². The highest BCUT2D eigenvalue weighted by Crippen LogP contribution is 2.22. The largest absolute Gasteiger partial charge is 0.277 e. The molecule has 1 aromatic heterocycles. The Kier molecular flexibility index (Phi) is 3.48. The number of aryl methyl sites for hydroxylation is 1. The number of aromatic amines is 1. The van der Waals surface area contributed by atoms with Gasteiger partial charge >= 0.3 is 0 Å². The maximum Gasteiger partial charge on any atom is 0.0792 e. The van der Waals surface area contributed by atoms with E-state index in [2.05, 4.69) is 45.2 Å². The number of fused-ring (bicyclic) bond motifs is 1. The normalized spacial score (nSPS) is 9.54. The molecule has 3 heteroatoms. The van der Waals surface area contributed by atoms with Crippen LogP contribution in [0.3, 0.4) is 0 Å². The fourth-order valence-corrected chi connectivity index (χ4v) is 1.83. The quantitative estimate of drug-likeness (QED) is 0.749. The number of nitrogens with zero attached hydrogens (tertiary/aromatic N) is 1. The van der Waals surface area contributed by atoms with E-state index in [4.69, 9.17) is 0 Å². The van der Waals surface area contributed by atoms with Gasteiger partial charge in [0.2, 0.25) is 0 Å². The molecule has 2 nitrogen and oxygen atoms in total. The molecule has 1 heterocycles. The fourth-order valence-electron chi connectivity index (χ4n) is 1.16. The number of halogens is 1. The van der Waals surface area contributed by atoms with Gasteiger partial charge in [0.15, 0.2) is 0 Å². The molecular formula is C10H13BrN2. The second-order valence-corrected chi connectivity index (χ2v) is 3.44. The number of rotatable bonds is 0. The van der Waals surface area contributed by atoms with Gasteiger partial charge in [0.1, 0.15) is 0 Å². The maximum absolute atomic E-state index is 3.95. The third-order valence-corrected chi connectivity index (χ3v) is 2.27. The van der Waals surface area contributed by atoms with E-state index < -0.39 is 0 Å². The first-order valence-electron chi connectivity index (χ1n) is 4.36. The molecular weight excluding hydrogens is 228 g/mol. The van der Waals surface area contributed by atoms with Crippen LogP contribution in [-0.2, 0) is 0 Å². The standard InChI is InChI=1S/C8H7BrN2.C2H6/c1-5-2-6-4-10-11-8(6)7(9)3-5;1-2/h2-4H,1H3,(H,10,11);1-2H3. The van der Waals surface area contributed by atoms with Crippen LogP contribution in [0.25, 0.3) is 10.9 Å². The third-order valence-electron chi connectivity index (χ3n) is 1.65. The van der Waals surface area contributed by atoms with Gasteiger partial charge in [-0.15, -0.1) is 0 Å². The van der Waals surface area contributed by atoms with E-state index >= 15 is 0 Å². The van der Waals surface area contributed by atoms with E-state index in [0.29, 0.717) is 0 Å². The first kappa shape index (κ1) is 10.3. The summed E-state index contributed by atoms with van der Waals surface area (Å²) in [4.78, 5) is 0. The van der Waals surface area contributed by atoms with Crippen LogP contribution in [0, 0.1) is 6.92 Å². The molecule has 0 spiro atoms. The Balaban J connectivity index is 0.000000396. The minimum Gasteiger partial charge on any atom is -0.277 e. The van der Waals surface area contributed by atoms with Crippen molar-refractivity contribution in [1.29, 1.82) is 0 Å². The van der Waals surface area contributed by atoms with Gasteiger partial charge in [0, 0.05) is 9.86 Å². The van der Waals surface area contributed by atoms with Crippen LogP contribution in [0.4, 0.5) is 0 Å². The molecule has 70 valence electrons. The van der Waals surface area contributed by atoms with Gasteiger partial charge in [-0.2, -0.15) is 5.10 Å². The molecule has 0 radical (unpaired) electrons. The Bertz CT molecular complexity index is 393. The van der Waals surface area contributed by atoms with Crippen molar-refractivity contribution >= 4 is 26.8 Å². The van der Waals surface area contributed by atoms with Crippen LogP contribution in [0.5, 0.6) is 0 Å². The van der Waals surface area contributed by atoms with Crippen molar-refractivity contribution in [3.63, 3.8) is 0 Å². The first-order chi connectivity index (χ1) is 6.27. The Morgan fingerprint density at radius 1 is 1.31 bits per heavy atom. The van der Waals surface area contributed by atoms with E-state index in [1.807, 2.05) is 20.0 Å². The lowest BCUT2D eigenvalue weighted by Gasteiger charge is -1.94. The average Bonchev–Trinajstić information content (AvgIpc) is 2.55. The van der Waals surface area contributed by atoms with Crippen molar-refractivity contribution in [2.45, 2.75) is 20.8 Å². The molecule has 13 heavy (non-hydrogen) atoms. The number of hydrogen-bond acceptors (Lipinski definition) is 1. The molecule has 0 fully saturated rings. The second kappa shape index (κ2) is 4.42. The van der Waals surface area contributed by atoms with Crippen LogP contribution in [0.15, 0.2) is 22.8 Å². The van der Waals surface area contributed by atoms with Crippen LogP contribution in [0.2, 0.25) is 0 Å². The van der Waals surface area contributed by atoms with Gasteiger partial charge in [-0.25, -0.2) is 0 Å². The van der Waals surface area contributed by atoms with Crippen LogP contribution in [0.1, 0.15) is 19.4 Å². The molecule has 0 unspecified atom stereocenters. The van der Waals surface area contributed by atoms with Crippen molar-refractivity contribution in [1.82, 2.24) is 10.2 Å². The van der Waals surface area contributed by atoms with Gasteiger partial charge in [0.05, 0.1) is 11.7 Å². The molecule has 0 atom stereocenters. The smallest absolute Gasteiger partial charge is 0.0792 e. The fraction of sp³-hybridized carbons (Fsp3) is 0.300. The molecule has 0 saturated carbocycles. The molecule has 0 bridgehead atoms. The Hall–Kier alpha value is -0.830. The monoisotopic (exact) mass is 240 g/mol. The zero-order valence-corrected chi connectivity index (χ0v) is 9.64. The van der Waals surface area contributed by atoms with E-state index in [9.17, 15) is 0 Å². The lowest BCUT2D eigenvalue weighted by atomic mass is 10.2. The molecule has 0 amide bonds. The topological polar surface area (TPSA) is 28.7 Å². The van der Waals surface area contributed by atoms with E-state index in [-0.39, 0.29) is 0 Å². The van der Waals surface area contributed by atoms with Crippen molar-refractivity contribution in [3.05, 3.63) is 28.4 Å². The first-order valence-corrected chi connectivity index (χ1v) is 5.16. The molecule has 0 aliphatic heterocycles. The third kappa shape index (κ3) is 2.10. The predicted molar refractivity (Wildman–Crippen MR) is 59.9 cm³/mol. The van der Waals surface area contributed by atoms with Crippen molar-refractivity contribution < 1.29 is 0 Å². The van der Waals surface area contributed by atoms with Crippen LogP contribution >= 0.6 is 15.9 Å². The molecule has 0 aliphatic carbocycles. The molecule has 1 N–H and O–H groups in total. The predicted octanol–water partition coefficient (Wildman–Crippen LogP) is 3.66. The number of hydrogen-bond donors (Lipinski definition) is 1. The number of H-pyrrole nitrogens is 1. The SMILES string of the molecule is CC.Cc1cc(Br)c2[nH]ncc2c1. The Labute approximate surface area is 86.5 Å². The summed E-state index contributed by atoms with van der Waals surface area (Å²) in [6.07, 6.45) is 1.83. The number of aromatic nitrogens is 2. The lowest BCUT2D eigenvalue weighted by molar-refractivity contribution is 1.12. The molecule has 1 aromatic carbocycles. The highest BCUT2D eigenvalue weighted by atomic mass is 79.9. The summed E-state index contributed by atoms with van der Waals surface area (Å²) in [7, 11) is 0. The van der Waals surface area contributed by atoms with Crippen molar-refractivity contribution in [2.24, 2.45) is 0 Å². The summed E-state index contributed by atoms with van der Waals surface area (Å²) in [6.45, 7) is 6.07. The summed E-state index contributed by atoms with van der Waals surface area (Å²) in [6, 6.07) is 4.17. The summed E-state index contributed by atoms with van der Waals surface area (Å²) in [5, 5.41) is 8.02. The molecule has 0 saturated heterocycles.